The van der Waals surface area contributed by atoms with Crippen LogP contribution in [0.25, 0.3) is 5.57 Å². The molecule has 2 aromatic rings. The summed E-state index contributed by atoms with van der Waals surface area (Å²) in [6, 6.07) is 14.7. The highest BCUT2D eigenvalue weighted by atomic mass is 16.2. The van der Waals surface area contributed by atoms with Crippen LogP contribution < -0.4 is 10.6 Å². The lowest BCUT2D eigenvalue weighted by atomic mass is 9.87. The number of benzene rings is 2. The fourth-order valence-electron chi connectivity index (χ4n) is 3.31. The zero-order valence-corrected chi connectivity index (χ0v) is 16.7. The normalized spacial score (nSPS) is 16.5. The summed E-state index contributed by atoms with van der Waals surface area (Å²) in [5.41, 5.74) is 9.88. The molecule has 1 aliphatic heterocycles. The summed E-state index contributed by atoms with van der Waals surface area (Å²) in [4.78, 5) is 26.9. The van der Waals surface area contributed by atoms with Crippen molar-refractivity contribution in [2.24, 2.45) is 5.73 Å². The zero-order valence-electron chi connectivity index (χ0n) is 16.7. The van der Waals surface area contributed by atoms with Crippen molar-refractivity contribution in [3.8, 4) is 0 Å². The minimum Gasteiger partial charge on any atom is -0.384 e. The number of allylic oxidation sites excluding steroid dienone is 1. The molecule has 0 aromatic heterocycles. The molecule has 2 aromatic carbocycles. The topological polar surface area (TPSA) is 87.2 Å². The first-order chi connectivity index (χ1) is 13.1. The van der Waals surface area contributed by atoms with Crippen LogP contribution in [0.2, 0.25) is 0 Å². The Morgan fingerprint density at radius 3 is 2.21 bits per heavy atom. The average molecular weight is 375 g/mol. The molecule has 0 aliphatic carbocycles. The third-order valence-corrected chi connectivity index (χ3v) is 5.09. The second-order valence-corrected chi connectivity index (χ2v) is 8.11. The minimum atomic E-state index is -0.292. The number of carbonyl (C=O) groups is 2. The maximum atomic E-state index is 13.0. The zero-order chi connectivity index (χ0) is 20.6. The first kappa shape index (κ1) is 19.5. The SMILES string of the molecule is C/C(=C1\CC(=O)N(c2ccc(C(C)(C)C)cc2)C1=O)c1cccc(C(=N)N)c1. The Balaban J connectivity index is 1.96. The van der Waals surface area contributed by atoms with Crippen molar-refractivity contribution in [3.05, 3.63) is 70.8 Å². The number of nitrogens with two attached hydrogens (primary N) is 1. The highest BCUT2D eigenvalue weighted by Gasteiger charge is 2.36. The maximum Gasteiger partial charge on any atom is 0.261 e. The van der Waals surface area contributed by atoms with Gasteiger partial charge in [-0.05, 0) is 47.2 Å². The lowest BCUT2D eigenvalue weighted by Crippen LogP contribution is -2.29. The number of amidine groups is 1. The van der Waals surface area contributed by atoms with Crippen LogP contribution in [0.5, 0.6) is 0 Å². The van der Waals surface area contributed by atoms with Crippen molar-refractivity contribution in [2.45, 2.75) is 39.5 Å². The second kappa shape index (κ2) is 7.08. The number of rotatable bonds is 3. The van der Waals surface area contributed by atoms with Gasteiger partial charge in [0.2, 0.25) is 5.91 Å². The largest absolute Gasteiger partial charge is 0.384 e. The van der Waals surface area contributed by atoms with E-state index in [2.05, 4.69) is 20.8 Å². The fraction of sp³-hybridized carbons (Fsp3) is 0.261. The first-order valence-corrected chi connectivity index (χ1v) is 9.22. The summed E-state index contributed by atoms with van der Waals surface area (Å²) >= 11 is 0. The molecule has 0 saturated carbocycles. The predicted octanol–water partition coefficient (Wildman–Crippen LogP) is 4.01. The summed E-state index contributed by atoms with van der Waals surface area (Å²) in [6.45, 7) is 8.18. The van der Waals surface area contributed by atoms with Gasteiger partial charge in [0.25, 0.3) is 5.91 Å². The van der Waals surface area contributed by atoms with Crippen LogP contribution >= 0.6 is 0 Å². The molecular formula is C23H25N3O2. The predicted molar refractivity (Wildman–Crippen MR) is 112 cm³/mol. The van der Waals surface area contributed by atoms with Crippen LogP contribution in [0.15, 0.2) is 54.1 Å². The van der Waals surface area contributed by atoms with Gasteiger partial charge >= 0.3 is 0 Å². The van der Waals surface area contributed by atoms with Crippen LogP contribution in [0.1, 0.15) is 50.8 Å². The standard InChI is InChI=1S/C23H25N3O2/c1-14(15-6-5-7-16(12-15)21(24)25)19-13-20(27)26(22(19)28)18-10-8-17(9-11-18)23(2,3)4/h5-12H,13H2,1-4H3,(H3,24,25)/b19-14-. The number of nitrogen functional groups attached to an aromatic ring is 1. The summed E-state index contributed by atoms with van der Waals surface area (Å²) in [6.07, 6.45) is 0.0655. The van der Waals surface area contributed by atoms with Crippen LogP contribution in [0.4, 0.5) is 5.69 Å². The smallest absolute Gasteiger partial charge is 0.261 e. The van der Waals surface area contributed by atoms with E-state index in [1.165, 1.54) is 4.90 Å². The van der Waals surface area contributed by atoms with Gasteiger partial charge in [0.15, 0.2) is 0 Å². The van der Waals surface area contributed by atoms with Gasteiger partial charge in [-0.15, -0.1) is 0 Å². The molecule has 1 heterocycles. The second-order valence-electron chi connectivity index (χ2n) is 8.11. The Morgan fingerprint density at radius 1 is 1.04 bits per heavy atom. The first-order valence-electron chi connectivity index (χ1n) is 9.22. The fourth-order valence-corrected chi connectivity index (χ4v) is 3.31. The number of nitrogens with one attached hydrogen (secondary N) is 1. The summed E-state index contributed by atoms with van der Waals surface area (Å²) in [5.74, 6) is -0.557. The van der Waals surface area contributed by atoms with Crippen molar-refractivity contribution in [3.63, 3.8) is 0 Å². The molecule has 3 N–H and O–H groups in total. The van der Waals surface area contributed by atoms with Gasteiger partial charge in [0, 0.05) is 11.1 Å². The van der Waals surface area contributed by atoms with E-state index in [0.29, 0.717) is 16.8 Å². The quantitative estimate of drug-likeness (QED) is 0.368. The van der Waals surface area contributed by atoms with Crippen LogP contribution in [-0.2, 0) is 15.0 Å². The Kier molecular flexibility index (Phi) is 4.94. The van der Waals surface area contributed by atoms with Crippen LogP contribution in [0.3, 0.4) is 0 Å². The van der Waals surface area contributed by atoms with E-state index in [0.717, 1.165) is 16.7 Å². The van der Waals surface area contributed by atoms with E-state index in [-0.39, 0.29) is 29.5 Å². The third-order valence-electron chi connectivity index (χ3n) is 5.09. The van der Waals surface area contributed by atoms with Crippen LogP contribution in [-0.4, -0.2) is 17.6 Å². The van der Waals surface area contributed by atoms with Gasteiger partial charge < -0.3 is 5.73 Å². The highest BCUT2D eigenvalue weighted by molar-refractivity contribution is 6.30. The van der Waals surface area contributed by atoms with Crippen molar-refractivity contribution in [2.75, 3.05) is 4.90 Å². The van der Waals surface area contributed by atoms with Gasteiger partial charge in [0.05, 0.1) is 12.1 Å². The molecule has 5 nitrogen and oxygen atoms in total. The molecule has 0 radical (unpaired) electrons. The highest BCUT2D eigenvalue weighted by Crippen LogP contribution is 2.32. The molecular weight excluding hydrogens is 350 g/mol. The van der Waals surface area contributed by atoms with Crippen molar-refractivity contribution < 1.29 is 9.59 Å². The molecule has 2 amide bonds. The lowest BCUT2D eigenvalue weighted by molar-refractivity contribution is -0.120. The Bertz CT molecular complexity index is 995. The number of nitrogens with zero attached hydrogens (tertiary/aromatic N) is 1. The minimum absolute atomic E-state index is 0.000930. The summed E-state index contributed by atoms with van der Waals surface area (Å²) < 4.78 is 0. The molecule has 1 saturated heterocycles. The van der Waals surface area contributed by atoms with Crippen molar-refractivity contribution in [1.29, 1.82) is 5.41 Å². The molecule has 0 bridgehead atoms. The summed E-state index contributed by atoms with van der Waals surface area (Å²) in [5, 5.41) is 7.59. The molecule has 1 fully saturated rings. The average Bonchev–Trinajstić information content (AvgIpc) is 2.95. The molecule has 0 spiro atoms. The van der Waals surface area contributed by atoms with Crippen molar-refractivity contribution >= 4 is 28.9 Å². The van der Waals surface area contributed by atoms with Gasteiger partial charge in [-0.2, -0.15) is 0 Å². The van der Waals surface area contributed by atoms with E-state index in [1.54, 1.807) is 18.2 Å². The van der Waals surface area contributed by atoms with Gasteiger partial charge in [-0.25, -0.2) is 4.90 Å². The number of hydrogen-bond donors (Lipinski definition) is 2. The lowest BCUT2D eigenvalue weighted by Gasteiger charge is -2.20. The van der Waals surface area contributed by atoms with Gasteiger partial charge in [-0.3, -0.25) is 15.0 Å². The number of hydrogen-bond acceptors (Lipinski definition) is 3. The summed E-state index contributed by atoms with van der Waals surface area (Å²) in [7, 11) is 0. The molecule has 0 unspecified atom stereocenters. The Labute approximate surface area is 165 Å². The number of imide groups is 1. The van der Waals surface area contributed by atoms with Crippen molar-refractivity contribution in [1.82, 2.24) is 0 Å². The van der Waals surface area contributed by atoms with E-state index >= 15 is 0 Å². The molecule has 28 heavy (non-hydrogen) atoms. The number of carbonyl (C=O) groups excluding carboxylic acids is 2. The van der Waals surface area contributed by atoms with E-state index in [1.807, 2.05) is 37.3 Å². The maximum absolute atomic E-state index is 13.0. The van der Waals surface area contributed by atoms with E-state index in [9.17, 15) is 9.59 Å². The van der Waals surface area contributed by atoms with Gasteiger partial charge in [0.1, 0.15) is 5.84 Å². The van der Waals surface area contributed by atoms with Crippen LogP contribution in [0, 0.1) is 5.41 Å². The molecule has 1 aliphatic rings. The van der Waals surface area contributed by atoms with Gasteiger partial charge in [-0.1, -0.05) is 51.1 Å². The molecule has 0 atom stereocenters. The number of anilines is 1. The number of amides is 2. The van der Waals surface area contributed by atoms with E-state index in [4.69, 9.17) is 11.1 Å². The molecule has 144 valence electrons. The third kappa shape index (κ3) is 3.60. The monoisotopic (exact) mass is 375 g/mol. The molecule has 3 rings (SSSR count). The van der Waals surface area contributed by atoms with E-state index < -0.39 is 0 Å². The Morgan fingerprint density at radius 2 is 1.64 bits per heavy atom. The Hall–Kier alpha value is -3.21. The molecule has 5 heteroatoms.